The Morgan fingerprint density at radius 2 is 1.95 bits per heavy atom. The molecule has 1 fully saturated rings. The summed E-state index contributed by atoms with van der Waals surface area (Å²) in [7, 11) is 0. The summed E-state index contributed by atoms with van der Waals surface area (Å²) >= 11 is 1.42. The second-order valence-corrected chi connectivity index (χ2v) is 9.93. The molecule has 0 spiro atoms. The topological polar surface area (TPSA) is 102 Å². The van der Waals surface area contributed by atoms with E-state index in [4.69, 9.17) is 4.74 Å². The van der Waals surface area contributed by atoms with Crippen LogP contribution < -0.4 is 5.32 Å². The third-order valence-corrected chi connectivity index (χ3v) is 7.18. The highest BCUT2D eigenvalue weighted by Gasteiger charge is 2.35. The van der Waals surface area contributed by atoms with E-state index in [1.165, 1.54) is 28.3 Å². The molecule has 2 atom stereocenters. The molecule has 196 valence electrons. The van der Waals surface area contributed by atoms with Crippen LogP contribution in [-0.4, -0.2) is 56.2 Å². The molecule has 11 heteroatoms. The van der Waals surface area contributed by atoms with Crippen molar-refractivity contribution < 1.29 is 18.7 Å². The van der Waals surface area contributed by atoms with E-state index in [0.717, 1.165) is 23.3 Å². The van der Waals surface area contributed by atoms with Crippen LogP contribution >= 0.6 is 11.3 Å². The molecule has 1 saturated heterocycles. The van der Waals surface area contributed by atoms with Crippen LogP contribution in [0.5, 0.6) is 0 Å². The van der Waals surface area contributed by atoms with E-state index in [9.17, 15) is 14.0 Å². The normalized spacial score (nSPS) is 15.8. The van der Waals surface area contributed by atoms with Gasteiger partial charge in [-0.2, -0.15) is 4.80 Å². The molecular weight excluding hydrogens is 507 g/mol. The van der Waals surface area contributed by atoms with Gasteiger partial charge in [-0.3, -0.25) is 9.59 Å². The fraction of sp³-hybridized carbons (Fsp3) is 0.296. The predicted molar refractivity (Wildman–Crippen MR) is 139 cm³/mol. The lowest BCUT2D eigenvalue weighted by atomic mass is 10.1. The van der Waals surface area contributed by atoms with E-state index in [-0.39, 0.29) is 42.6 Å². The molecule has 2 amide bonds. The summed E-state index contributed by atoms with van der Waals surface area (Å²) in [5, 5.41) is 17.2. The first-order chi connectivity index (χ1) is 18.6. The van der Waals surface area contributed by atoms with Gasteiger partial charge >= 0.3 is 0 Å². The van der Waals surface area contributed by atoms with Crippen LogP contribution in [0.3, 0.4) is 0 Å². The lowest BCUT2D eigenvalue weighted by Crippen LogP contribution is -2.47. The van der Waals surface area contributed by atoms with Gasteiger partial charge in [0.15, 0.2) is 0 Å². The van der Waals surface area contributed by atoms with E-state index in [0.29, 0.717) is 18.7 Å². The minimum absolute atomic E-state index is 0.165. The first kappa shape index (κ1) is 25.7. The summed E-state index contributed by atoms with van der Waals surface area (Å²) in [5.41, 5.74) is 1.54. The van der Waals surface area contributed by atoms with Crippen LogP contribution in [0.15, 0.2) is 72.1 Å². The molecular formula is C27H27FN6O3S. The highest BCUT2D eigenvalue weighted by atomic mass is 32.1. The third kappa shape index (κ3) is 6.29. The number of amides is 2. The quantitative estimate of drug-likeness (QED) is 0.334. The number of nitrogens with one attached hydrogen (secondary N) is 1. The van der Waals surface area contributed by atoms with E-state index in [2.05, 4.69) is 20.7 Å². The van der Waals surface area contributed by atoms with Gasteiger partial charge in [0.05, 0.1) is 6.10 Å². The molecule has 0 aliphatic carbocycles. The lowest BCUT2D eigenvalue weighted by molar-refractivity contribution is -0.143. The number of halogens is 1. The van der Waals surface area contributed by atoms with Crippen molar-refractivity contribution in [3.05, 3.63) is 88.4 Å². The summed E-state index contributed by atoms with van der Waals surface area (Å²) < 4.78 is 19.1. The maximum absolute atomic E-state index is 13.7. The van der Waals surface area contributed by atoms with Crippen molar-refractivity contribution >= 4 is 23.2 Å². The molecule has 0 unspecified atom stereocenters. The van der Waals surface area contributed by atoms with E-state index in [1.54, 1.807) is 17.0 Å². The first-order valence-corrected chi connectivity index (χ1v) is 13.2. The van der Waals surface area contributed by atoms with Crippen LogP contribution in [0.25, 0.3) is 11.4 Å². The number of hydrogen-bond donors (Lipinski definition) is 1. The molecule has 0 bridgehead atoms. The van der Waals surface area contributed by atoms with Gasteiger partial charge in [-0.25, -0.2) is 4.39 Å². The van der Waals surface area contributed by atoms with Crippen molar-refractivity contribution in [2.24, 2.45) is 0 Å². The predicted octanol–water partition coefficient (Wildman–Crippen LogP) is 3.61. The molecule has 9 nitrogen and oxygen atoms in total. The molecule has 0 saturated carbocycles. The van der Waals surface area contributed by atoms with Crippen molar-refractivity contribution in [1.82, 2.24) is 30.4 Å². The Morgan fingerprint density at radius 3 is 2.66 bits per heavy atom. The van der Waals surface area contributed by atoms with Gasteiger partial charge in [0.25, 0.3) is 0 Å². The number of ether oxygens (including phenoxy) is 1. The van der Waals surface area contributed by atoms with Gasteiger partial charge < -0.3 is 15.0 Å². The summed E-state index contributed by atoms with van der Waals surface area (Å²) in [6, 6.07) is 18.2. The number of benzene rings is 2. The molecule has 1 aliphatic heterocycles. The zero-order chi connectivity index (χ0) is 26.3. The zero-order valence-electron chi connectivity index (χ0n) is 20.6. The molecule has 0 radical (unpaired) electrons. The Labute approximate surface area is 223 Å². The van der Waals surface area contributed by atoms with E-state index >= 15 is 0 Å². The number of rotatable bonds is 10. The maximum atomic E-state index is 13.7. The largest absolute Gasteiger partial charge is 0.376 e. The van der Waals surface area contributed by atoms with Crippen LogP contribution in [0.2, 0.25) is 0 Å². The number of carbonyl (C=O) groups is 2. The molecule has 38 heavy (non-hydrogen) atoms. The van der Waals surface area contributed by atoms with Crippen LogP contribution in [0.4, 0.5) is 4.39 Å². The molecule has 1 aliphatic rings. The number of nitrogens with zero attached hydrogens (tertiary/aromatic N) is 5. The SMILES string of the molecule is O=C(NCc1ccccc1)[C@@H](c1cccs1)N(C[C@H]1CCCO1)C(=O)Cn1nnc(-c2ccc(F)cc2)n1. The Hall–Kier alpha value is -3.96. The molecule has 5 rings (SSSR count). The minimum Gasteiger partial charge on any atom is -0.376 e. The zero-order valence-corrected chi connectivity index (χ0v) is 21.4. The minimum atomic E-state index is -0.837. The third-order valence-electron chi connectivity index (χ3n) is 6.26. The molecule has 1 N–H and O–H groups in total. The van der Waals surface area contributed by atoms with Gasteiger partial charge in [0.1, 0.15) is 18.4 Å². The summed E-state index contributed by atoms with van der Waals surface area (Å²) in [6.45, 7) is 1.02. The maximum Gasteiger partial charge on any atom is 0.248 e. The second-order valence-electron chi connectivity index (χ2n) is 8.95. The fourth-order valence-electron chi connectivity index (χ4n) is 4.35. The summed E-state index contributed by atoms with van der Waals surface area (Å²) in [4.78, 5) is 30.8. The van der Waals surface area contributed by atoms with Crippen LogP contribution in [0.1, 0.15) is 29.3 Å². The Kier molecular flexibility index (Phi) is 8.15. The van der Waals surface area contributed by atoms with Crippen molar-refractivity contribution in [2.75, 3.05) is 13.2 Å². The standard InChI is InChI=1S/C27H27FN6O3S/c28-21-12-10-20(11-13-21)26-30-32-34(31-26)18-24(35)33(17-22-8-4-14-37-22)25(23-9-5-15-38-23)27(36)29-16-19-6-2-1-3-7-19/h1-3,5-7,9-13,15,22,25H,4,8,14,16-18H2,(H,29,36)/t22-,25-/m1/s1. The lowest BCUT2D eigenvalue weighted by Gasteiger charge is -2.32. The Morgan fingerprint density at radius 1 is 1.13 bits per heavy atom. The van der Waals surface area contributed by atoms with Gasteiger partial charge in [0.2, 0.25) is 17.6 Å². The van der Waals surface area contributed by atoms with Crippen LogP contribution in [-0.2, 0) is 27.4 Å². The molecule has 2 aromatic heterocycles. The average Bonchev–Trinajstić information content (AvgIpc) is 3.72. The average molecular weight is 535 g/mol. The molecule has 3 heterocycles. The van der Waals surface area contributed by atoms with Crippen molar-refractivity contribution in [2.45, 2.75) is 38.1 Å². The van der Waals surface area contributed by atoms with Gasteiger partial charge in [-0.1, -0.05) is 36.4 Å². The molecule has 2 aromatic carbocycles. The van der Waals surface area contributed by atoms with Crippen molar-refractivity contribution in [1.29, 1.82) is 0 Å². The number of carbonyl (C=O) groups excluding carboxylic acids is 2. The summed E-state index contributed by atoms with van der Waals surface area (Å²) in [6.07, 6.45) is 1.55. The number of aromatic nitrogens is 4. The Balaban J connectivity index is 1.38. The highest BCUT2D eigenvalue weighted by molar-refractivity contribution is 7.10. The highest BCUT2D eigenvalue weighted by Crippen LogP contribution is 2.28. The summed E-state index contributed by atoms with van der Waals surface area (Å²) in [5.74, 6) is -0.705. The van der Waals surface area contributed by atoms with Gasteiger partial charge in [0, 0.05) is 30.1 Å². The van der Waals surface area contributed by atoms with E-state index < -0.39 is 6.04 Å². The number of thiophene rings is 1. The Bertz CT molecular complexity index is 1340. The van der Waals surface area contributed by atoms with Gasteiger partial charge in [-0.05, 0) is 59.3 Å². The number of hydrogen-bond acceptors (Lipinski definition) is 7. The monoisotopic (exact) mass is 534 g/mol. The van der Waals surface area contributed by atoms with Gasteiger partial charge in [-0.15, -0.1) is 21.5 Å². The number of tetrazole rings is 1. The van der Waals surface area contributed by atoms with Crippen LogP contribution in [0, 0.1) is 5.82 Å². The molecule has 4 aromatic rings. The first-order valence-electron chi connectivity index (χ1n) is 12.4. The smallest absolute Gasteiger partial charge is 0.248 e. The fourth-order valence-corrected chi connectivity index (χ4v) is 5.18. The van der Waals surface area contributed by atoms with E-state index in [1.807, 2.05) is 47.8 Å². The van der Waals surface area contributed by atoms with Crippen molar-refractivity contribution in [3.8, 4) is 11.4 Å². The van der Waals surface area contributed by atoms with Crippen molar-refractivity contribution in [3.63, 3.8) is 0 Å². The second kappa shape index (κ2) is 12.1.